The molecule has 9 nitrogen and oxygen atoms in total. The molecule has 3 heterocycles. The lowest BCUT2D eigenvalue weighted by Gasteiger charge is -2.33. The molecule has 2 N–H and O–H groups in total. The van der Waals surface area contributed by atoms with E-state index in [9.17, 15) is 9.18 Å². The van der Waals surface area contributed by atoms with Crippen LogP contribution in [0.2, 0.25) is 0 Å². The van der Waals surface area contributed by atoms with Gasteiger partial charge in [0, 0.05) is 43.0 Å². The van der Waals surface area contributed by atoms with Crippen molar-refractivity contribution in [3.63, 3.8) is 0 Å². The number of aromatic nitrogens is 3. The second kappa shape index (κ2) is 13.1. The molecule has 228 valence electrons. The molecule has 0 radical (unpaired) electrons. The number of nitrogens with two attached hydrogens (primary N) is 1. The standard InChI is InChI=1S/C33H41FN6O3/c1-21-30-28(38-31(35)37-21)17-24(26-10-9-25(34)19-27(26)23-8-5-13-36-20-23)18-29(30)39-42-16-6-7-22-11-14-40(15-12-22)32(41)43-33(2,3)4/h5,8-10,13,19-20,22,24H,6-7,11-12,14-18H2,1-4H3,(H2,35,37,38)/b39-29+. The minimum Gasteiger partial charge on any atom is -0.444 e. The van der Waals surface area contributed by atoms with Gasteiger partial charge in [-0.05, 0) is 101 Å². The van der Waals surface area contributed by atoms with Crippen molar-refractivity contribution >= 4 is 17.8 Å². The molecular formula is C33H41FN6O3. The molecule has 2 aliphatic rings. The van der Waals surface area contributed by atoms with Gasteiger partial charge in [0.15, 0.2) is 0 Å². The van der Waals surface area contributed by atoms with Crippen LogP contribution in [0.5, 0.6) is 0 Å². The molecule has 1 atom stereocenters. The summed E-state index contributed by atoms with van der Waals surface area (Å²) in [4.78, 5) is 33.2. The maximum atomic E-state index is 14.4. The van der Waals surface area contributed by atoms with Crippen LogP contribution < -0.4 is 5.73 Å². The number of hydrogen-bond donors (Lipinski definition) is 1. The lowest BCUT2D eigenvalue weighted by Crippen LogP contribution is -2.41. The zero-order valence-corrected chi connectivity index (χ0v) is 25.5. The third-order valence-corrected chi connectivity index (χ3v) is 8.07. The maximum Gasteiger partial charge on any atom is 0.410 e. The number of anilines is 1. The third kappa shape index (κ3) is 7.66. The number of aryl methyl sites for hydroxylation is 1. The number of benzene rings is 1. The summed E-state index contributed by atoms with van der Waals surface area (Å²) >= 11 is 0. The second-order valence-corrected chi connectivity index (χ2v) is 12.5. The first-order valence-corrected chi connectivity index (χ1v) is 15.1. The number of ether oxygens (including phenoxy) is 1. The highest BCUT2D eigenvalue weighted by atomic mass is 19.1. The smallest absolute Gasteiger partial charge is 0.410 e. The molecule has 1 fully saturated rings. The van der Waals surface area contributed by atoms with Crippen LogP contribution in [0.25, 0.3) is 11.1 Å². The lowest BCUT2D eigenvalue weighted by atomic mass is 9.78. The van der Waals surface area contributed by atoms with Gasteiger partial charge in [0.2, 0.25) is 5.95 Å². The molecule has 43 heavy (non-hydrogen) atoms. The number of amides is 1. The number of oxime groups is 1. The first kappa shape index (κ1) is 30.4. The predicted molar refractivity (Wildman–Crippen MR) is 164 cm³/mol. The van der Waals surface area contributed by atoms with Gasteiger partial charge in [-0.25, -0.2) is 19.2 Å². The number of halogens is 1. The van der Waals surface area contributed by atoms with Gasteiger partial charge in [-0.15, -0.1) is 0 Å². The van der Waals surface area contributed by atoms with Gasteiger partial charge in [0.05, 0.1) is 17.1 Å². The molecule has 1 unspecified atom stereocenters. The Bertz CT molecular complexity index is 1470. The SMILES string of the molecule is Cc1nc(N)nc2c1/C(=N/OCCCC1CCN(C(=O)OC(C)(C)C)CC1)CC(c1ccc(F)cc1-c1cccnc1)C2. The van der Waals surface area contributed by atoms with E-state index in [2.05, 4.69) is 20.1 Å². The van der Waals surface area contributed by atoms with E-state index in [-0.39, 0.29) is 23.8 Å². The van der Waals surface area contributed by atoms with Crippen molar-refractivity contribution in [1.29, 1.82) is 0 Å². The average Bonchev–Trinajstić information content (AvgIpc) is 2.96. The van der Waals surface area contributed by atoms with Crippen LogP contribution >= 0.6 is 0 Å². The van der Waals surface area contributed by atoms with Crippen molar-refractivity contribution in [3.05, 3.63) is 71.1 Å². The average molecular weight is 589 g/mol. The number of rotatable bonds is 7. The molecule has 5 rings (SSSR count). The predicted octanol–water partition coefficient (Wildman–Crippen LogP) is 6.45. The van der Waals surface area contributed by atoms with Gasteiger partial charge in [0.25, 0.3) is 0 Å². The van der Waals surface area contributed by atoms with E-state index in [4.69, 9.17) is 15.3 Å². The molecule has 1 aliphatic carbocycles. The summed E-state index contributed by atoms with van der Waals surface area (Å²) in [5, 5.41) is 4.60. The van der Waals surface area contributed by atoms with Crippen LogP contribution in [-0.4, -0.2) is 57.0 Å². The number of likely N-dealkylation sites (tertiary alicyclic amines) is 1. The Hall–Kier alpha value is -4.08. The fourth-order valence-corrected chi connectivity index (χ4v) is 6.07. The number of pyridine rings is 1. The molecule has 0 bridgehead atoms. The first-order valence-electron chi connectivity index (χ1n) is 15.1. The zero-order chi connectivity index (χ0) is 30.6. The van der Waals surface area contributed by atoms with Crippen LogP contribution in [0.3, 0.4) is 0 Å². The van der Waals surface area contributed by atoms with Crippen LogP contribution in [-0.2, 0) is 16.0 Å². The molecule has 10 heteroatoms. The summed E-state index contributed by atoms with van der Waals surface area (Å²) in [5.41, 5.74) is 11.5. The van der Waals surface area contributed by atoms with Gasteiger partial charge >= 0.3 is 6.09 Å². The van der Waals surface area contributed by atoms with Gasteiger partial charge in [-0.2, -0.15) is 0 Å². The summed E-state index contributed by atoms with van der Waals surface area (Å²) in [7, 11) is 0. The molecule has 0 saturated carbocycles. The van der Waals surface area contributed by atoms with Crippen molar-refractivity contribution in [2.75, 3.05) is 25.4 Å². The number of nitrogen functional groups attached to an aromatic ring is 1. The highest BCUT2D eigenvalue weighted by Crippen LogP contribution is 2.38. The number of carbonyl (C=O) groups is 1. The van der Waals surface area contributed by atoms with E-state index in [1.807, 2.05) is 45.9 Å². The van der Waals surface area contributed by atoms with Gasteiger partial charge in [-0.1, -0.05) is 17.3 Å². The van der Waals surface area contributed by atoms with Crippen molar-refractivity contribution in [1.82, 2.24) is 19.9 Å². The summed E-state index contributed by atoms with van der Waals surface area (Å²) in [6.45, 7) is 9.50. The summed E-state index contributed by atoms with van der Waals surface area (Å²) in [5.74, 6) is 0.461. The van der Waals surface area contributed by atoms with E-state index < -0.39 is 5.60 Å². The van der Waals surface area contributed by atoms with Crippen LogP contribution in [0.1, 0.15) is 81.3 Å². The van der Waals surface area contributed by atoms with Gasteiger partial charge in [0.1, 0.15) is 18.0 Å². The number of carbonyl (C=O) groups excluding carboxylic acids is 1. The van der Waals surface area contributed by atoms with Crippen molar-refractivity contribution in [2.24, 2.45) is 11.1 Å². The fourth-order valence-electron chi connectivity index (χ4n) is 6.07. The molecule has 3 aromatic rings. The Balaban J connectivity index is 1.24. The molecule has 1 aliphatic heterocycles. The Kier molecular flexibility index (Phi) is 9.22. The van der Waals surface area contributed by atoms with Crippen molar-refractivity contribution in [3.8, 4) is 11.1 Å². The molecule has 2 aromatic heterocycles. The van der Waals surface area contributed by atoms with Crippen LogP contribution in [0.4, 0.5) is 15.1 Å². The maximum absolute atomic E-state index is 14.4. The quantitative estimate of drug-likeness (QED) is 0.249. The fraction of sp³-hybridized carbons (Fsp3) is 0.485. The van der Waals surface area contributed by atoms with Crippen molar-refractivity contribution in [2.45, 2.75) is 77.7 Å². The summed E-state index contributed by atoms with van der Waals surface area (Å²) < 4.78 is 19.9. The Labute approximate surface area is 252 Å². The highest BCUT2D eigenvalue weighted by molar-refractivity contribution is 6.03. The summed E-state index contributed by atoms with van der Waals surface area (Å²) in [6.07, 6.45) is 8.24. The molecular weight excluding hydrogens is 547 g/mol. The second-order valence-electron chi connectivity index (χ2n) is 12.5. The summed E-state index contributed by atoms with van der Waals surface area (Å²) in [6, 6.07) is 8.69. The Morgan fingerprint density at radius 2 is 1.95 bits per heavy atom. The largest absolute Gasteiger partial charge is 0.444 e. The lowest BCUT2D eigenvalue weighted by molar-refractivity contribution is 0.0177. The Morgan fingerprint density at radius 3 is 2.67 bits per heavy atom. The van der Waals surface area contributed by atoms with E-state index >= 15 is 0 Å². The molecule has 1 aromatic carbocycles. The van der Waals surface area contributed by atoms with Crippen molar-refractivity contribution < 1.29 is 18.8 Å². The Morgan fingerprint density at radius 1 is 1.16 bits per heavy atom. The van der Waals surface area contributed by atoms with Crippen LogP contribution in [0, 0.1) is 18.7 Å². The van der Waals surface area contributed by atoms with Crippen LogP contribution in [0.15, 0.2) is 47.9 Å². The topological polar surface area (TPSA) is 116 Å². The molecule has 1 amide bonds. The van der Waals surface area contributed by atoms with Gasteiger partial charge in [-0.3, -0.25) is 4.98 Å². The highest BCUT2D eigenvalue weighted by Gasteiger charge is 2.31. The van der Waals surface area contributed by atoms with E-state index in [0.717, 1.165) is 65.0 Å². The zero-order valence-electron chi connectivity index (χ0n) is 25.5. The first-order chi connectivity index (χ1) is 20.6. The van der Waals surface area contributed by atoms with E-state index in [1.54, 1.807) is 23.4 Å². The third-order valence-electron chi connectivity index (χ3n) is 8.07. The normalized spacial score (nSPS) is 18.4. The number of nitrogens with zero attached hydrogens (tertiary/aromatic N) is 5. The number of fused-ring (bicyclic) bond motifs is 1. The molecule has 1 saturated heterocycles. The monoisotopic (exact) mass is 588 g/mol. The minimum atomic E-state index is -0.483. The van der Waals surface area contributed by atoms with Gasteiger partial charge < -0.3 is 20.2 Å². The minimum absolute atomic E-state index is 0.00508. The number of hydrogen-bond acceptors (Lipinski definition) is 8. The van der Waals surface area contributed by atoms with E-state index in [0.29, 0.717) is 38.5 Å². The number of piperidine rings is 1. The van der Waals surface area contributed by atoms with E-state index in [1.165, 1.54) is 6.07 Å². The molecule has 0 spiro atoms.